The SMILES string of the molecule is COc1ccc(CCNC(=O)CN2CCN(CC(=O)NCCc3ccc(OC)cc3)C(C)C2)cc1. The summed E-state index contributed by atoms with van der Waals surface area (Å²) >= 11 is 0. The molecule has 0 saturated carbocycles. The third-order valence-corrected chi connectivity index (χ3v) is 6.35. The molecule has 190 valence electrons. The van der Waals surface area contributed by atoms with E-state index in [0.29, 0.717) is 26.2 Å². The first-order chi connectivity index (χ1) is 17.0. The number of nitrogens with one attached hydrogen (secondary N) is 2. The van der Waals surface area contributed by atoms with Gasteiger partial charge in [-0.05, 0) is 55.2 Å². The fourth-order valence-electron chi connectivity index (χ4n) is 4.23. The molecule has 35 heavy (non-hydrogen) atoms. The van der Waals surface area contributed by atoms with E-state index in [1.54, 1.807) is 14.2 Å². The van der Waals surface area contributed by atoms with Gasteiger partial charge in [0, 0.05) is 38.8 Å². The highest BCUT2D eigenvalue weighted by atomic mass is 16.5. The Hall–Kier alpha value is -3.10. The standard InChI is InChI=1S/C27H38N4O4/c1-21-18-30(19-26(32)28-14-12-22-4-8-24(34-2)9-5-22)16-17-31(21)20-27(33)29-15-13-23-6-10-25(35-3)11-7-23/h4-11,21H,12-20H2,1-3H3,(H,28,32)(H,29,33). The molecule has 1 heterocycles. The third-order valence-electron chi connectivity index (χ3n) is 6.35. The zero-order valence-electron chi connectivity index (χ0n) is 21.1. The van der Waals surface area contributed by atoms with Crippen LogP contribution in [0.5, 0.6) is 11.5 Å². The molecule has 1 unspecified atom stereocenters. The van der Waals surface area contributed by atoms with Crippen LogP contribution >= 0.6 is 0 Å². The minimum Gasteiger partial charge on any atom is -0.497 e. The zero-order valence-corrected chi connectivity index (χ0v) is 21.1. The van der Waals surface area contributed by atoms with Gasteiger partial charge < -0.3 is 20.1 Å². The molecule has 0 aliphatic carbocycles. The number of hydrogen-bond donors (Lipinski definition) is 2. The average Bonchev–Trinajstić information content (AvgIpc) is 2.86. The Bertz CT molecular complexity index is 933. The highest BCUT2D eigenvalue weighted by Crippen LogP contribution is 2.13. The van der Waals surface area contributed by atoms with Gasteiger partial charge in [0.05, 0.1) is 27.3 Å². The van der Waals surface area contributed by atoms with Gasteiger partial charge in [-0.1, -0.05) is 24.3 Å². The van der Waals surface area contributed by atoms with Gasteiger partial charge in [-0.3, -0.25) is 19.4 Å². The largest absolute Gasteiger partial charge is 0.497 e. The summed E-state index contributed by atoms with van der Waals surface area (Å²) in [7, 11) is 3.30. The van der Waals surface area contributed by atoms with Crippen LogP contribution in [-0.4, -0.2) is 87.7 Å². The number of rotatable bonds is 12. The van der Waals surface area contributed by atoms with Crippen molar-refractivity contribution in [3.63, 3.8) is 0 Å². The molecular weight excluding hydrogens is 444 g/mol. The molecule has 1 atom stereocenters. The van der Waals surface area contributed by atoms with Crippen LogP contribution in [-0.2, 0) is 22.4 Å². The van der Waals surface area contributed by atoms with Crippen molar-refractivity contribution in [1.29, 1.82) is 0 Å². The Morgan fingerprint density at radius 2 is 1.29 bits per heavy atom. The van der Waals surface area contributed by atoms with E-state index >= 15 is 0 Å². The molecule has 8 nitrogen and oxygen atoms in total. The van der Waals surface area contributed by atoms with E-state index in [1.165, 1.54) is 0 Å². The minimum atomic E-state index is 0.0371. The van der Waals surface area contributed by atoms with Gasteiger partial charge in [0.2, 0.25) is 11.8 Å². The van der Waals surface area contributed by atoms with E-state index in [4.69, 9.17) is 9.47 Å². The normalized spacial score (nSPS) is 16.5. The van der Waals surface area contributed by atoms with Crippen LogP contribution in [0, 0.1) is 0 Å². The van der Waals surface area contributed by atoms with E-state index in [0.717, 1.165) is 55.1 Å². The van der Waals surface area contributed by atoms with Gasteiger partial charge in [-0.15, -0.1) is 0 Å². The van der Waals surface area contributed by atoms with Gasteiger partial charge in [0.1, 0.15) is 11.5 Å². The number of carbonyl (C=O) groups excluding carboxylic acids is 2. The summed E-state index contributed by atoms with van der Waals surface area (Å²) in [6, 6.07) is 16.0. The summed E-state index contributed by atoms with van der Waals surface area (Å²) in [6.07, 6.45) is 1.57. The van der Waals surface area contributed by atoms with Crippen molar-refractivity contribution in [3.05, 3.63) is 59.7 Å². The molecule has 0 bridgehead atoms. The monoisotopic (exact) mass is 482 g/mol. The highest BCUT2D eigenvalue weighted by molar-refractivity contribution is 5.78. The van der Waals surface area contributed by atoms with Crippen molar-refractivity contribution < 1.29 is 19.1 Å². The number of nitrogens with zero attached hydrogens (tertiary/aromatic N) is 2. The Morgan fingerprint density at radius 1 is 0.800 bits per heavy atom. The first kappa shape index (κ1) is 26.5. The molecule has 1 aliphatic heterocycles. The molecule has 0 aromatic heterocycles. The maximum Gasteiger partial charge on any atom is 0.234 e. The van der Waals surface area contributed by atoms with Gasteiger partial charge >= 0.3 is 0 Å². The summed E-state index contributed by atoms with van der Waals surface area (Å²) < 4.78 is 10.3. The van der Waals surface area contributed by atoms with Crippen molar-refractivity contribution in [1.82, 2.24) is 20.4 Å². The molecule has 1 aliphatic rings. The topological polar surface area (TPSA) is 83.1 Å². The van der Waals surface area contributed by atoms with Gasteiger partial charge in [0.25, 0.3) is 0 Å². The highest BCUT2D eigenvalue weighted by Gasteiger charge is 2.26. The molecule has 0 radical (unpaired) electrons. The number of amides is 2. The molecule has 2 N–H and O–H groups in total. The fourth-order valence-corrected chi connectivity index (χ4v) is 4.23. The second-order valence-electron chi connectivity index (χ2n) is 8.95. The number of carbonyl (C=O) groups is 2. The molecule has 3 rings (SSSR count). The quantitative estimate of drug-likeness (QED) is 0.480. The maximum atomic E-state index is 12.4. The number of ether oxygens (including phenoxy) is 2. The maximum absolute atomic E-state index is 12.4. The van der Waals surface area contributed by atoms with Gasteiger partial charge in [-0.25, -0.2) is 0 Å². The van der Waals surface area contributed by atoms with Crippen molar-refractivity contribution in [2.75, 3.05) is 60.0 Å². The number of piperazine rings is 1. The first-order valence-electron chi connectivity index (χ1n) is 12.2. The molecular formula is C27H38N4O4. The second-order valence-corrected chi connectivity index (χ2v) is 8.95. The Kier molecular flexibility index (Phi) is 10.4. The fraction of sp³-hybridized carbons (Fsp3) is 0.481. The summed E-state index contributed by atoms with van der Waals surface area (Å²) in [6.45, 7) is 6.40. The third kappa shape index (κ3) is 8.88. The molecule has 1 saturated heterocycles. The lowest BCUT2D eigenvalue weighted by Gasteiger charge is -2.39. The molecule has 0 spiro atoms. The lowest BCUT2D eigenvalue weighted by molar-refractivity contribution is -0.125. The van der Waals surface area contributed by atoms with E-state index in [-0.39, 0.29) is 17.9 Å². The van der Waals surface area contributed by atoms with E-state index in [2.05, 4.69) is 27.4 Å². The Morgan fingerprint density at radius 3 is 1.74 bits per heavy atom. The van der Waals surface area contributed by atoms with Gasteiger partial charge in [-0.2, -0.15) is 0 Å². The summed E-state index contributed by atoms with van der Waals surface area (Å²) in [5.41, 5.74) is 2.32. The summed E-state index contributed by atoms with van der Waals surface area (Å²) in [5.74, 6) is 1.74. The molecule has 2 amide bonds. The number of methoxy groups -OCH3 is 2. The predicted octanol–water partition coefficient (Wildman–Crippen LogP) is 1.73. The molecule has 8 heteroatoms. The lowest BCUT2D eigenvalue weighted by atomic mass is 10.1. The summed E-state index contributed by atoms with van der Waals surface area (Å²) in [4.78, 5) is 29.1. The molecule has 2 aromatic rings. The Balaban J connectivity index is 1.30. The average molecular weight is 483 g/mol. The predicted molar refractivity (Wildman–Crippen MR) is 137 cm³/mol. The lowest BCUT2D eigenvalue weighted by Crippen LogP contribution is -2.55. The van der Waals surface area contributed by atoms with E-state index < -0.39 is 0 Å². The van der Waals surface area contributed by atoms with Crippen molar-refractivity contribution in [2.24, 2.45) is 0 Å². The molecule has 1 fully saturated rings. The van der Waals surface area contributed by atoms with Crippen LogP contribution in [0.25, 0.3) is 0 Å². The Labute approximate surface area is 208 Å². The van der Waals surface area contributed by atoms with E-state index in [9.17, 15) is 9.59 Å². The number of hydrogen-bond acceptors (Lipinski definition) is 6. The van der Waals surface area contributed by atoms with Crippen LogP contribution in [0.4, 0.5) is 0 Å². The van der Waals surface area contributed by atoms with Crippen molar-refractivity contribution in [3.8, 4) is 11.5 Å². The number of benzene rings is 2. The van der Waals surface area contributed by atoms with E-state index in [1.807, 2.05) is 48.5 Å². The van der Waals surface area contributed by atoms with Crippen LogP contribution in [0.2, 0.25) is 0 Å². The van der Waals surface area contributed by atoms with Crippen LogP contribution in [0.1, 0.15) is 18.1 Å². The minimum absolute atomic E-state index is 0.0371. The smallest absolute Gasteiger partial charge is 0.234 e. The van der Waals surface area contributed by atoms with Crippen LogP contribution < -0.4 is 20.1 Å². The van der Waals surface area contributed by atoms with Crippen LogP contribution in [0.15, 0.2) is 48.5 Å². The second kappa shape index (κ2) is 13.7. The van der Waals surface area contributed by atoms with Crippen LogP contribution in [0.3, 0.4) is 0 Å². The summed E-state index contributed by atoms with van der Waals surface area (Å²) in [5, 5.41) is 6.03. The molecule has 2 aromatic carbocycles. The van der Waals surface area contributed by atoms with Crippen molar-refractivity contribution in [2.45, 2.75) is 25.8 Å². The first-order valence-corrected chi connectivity index (χ1v) is 12.2. The van der Waals surface area contributed by atoms with Gasteiger partial charge in [0.15, 0.2) is 0 Å². The zero-order chi connectivity index (χ0) is 25.0. The van der Waals surface area contributed by atoms with Crippen molar-refractivity contribution >= 4 is 11.8 Å².